The number of ether oxygens (including phenoxy) is 1. The summed E-state index contributed by atoms with van der Waals surface area (Å²) in [5.74, 6) is 0.633. The van der Waals surface area contributed by atoms with E-state index >= 15 is 0 Å². The summed E-state index contributed by atoms with van der Waals surface area (Å²) in [5.41, 5.74) is 3.08. The first-order chi connectivity index (χ1) is 16.1. The van der Waals surface area contributed by atoms with E-state index in [0.717, 1.165) is 49.7 Å². The number of nitrogens with zero attached hydrogens (tertiary/aromatic N) is 4. The van der Waals surface area contributed by atoms with Crippen molar-refractivity contribution < 1.29 is 13.9 Å². The number of fused-ring (bicyclic) bond motifs is 1. The van der Waals surface area contributed by atoms with E-state index in [-0.39, 0.29) is 5.82 Å². The second-order valence-corrected chi connectivity index (χ2v) is 8.65. The van der Waals surface area contributed by atoms with Gasteiger partial charge in [-0.25, -0.2) is 9.37 Å². The van der Waals surface area contributed by atoms with Crippen molar-refractivity contribution in [1.29, 1.82) is 5.26 Å². The Hall–Kier alpha value is -3.24. The molecule has 4 rings (SSSR count). The smallest absolute Gasteiger partial charge is 0.210 e. The summed E-state index contributed by atoms with van der Waals surface area (Å²) >= 11 is 0. The Balaban J connectivity index is 0.000000968. The molecule has 1 heterocycles. The predicted molar refractivity (Wildman–Crippen MR) is 126 cm³/mol. The average Bonchev–Trinajstić information content (AvgIpc) is 3.22. The van der Waals surface area contributed by atoms with Crippen LogP contribution in [0, 0.1) is 29.0 Å². The van der Waals surface area contributed by atoms with Gasteiger partial charge in [-0.3, -0.25) is 4.79 Å². The van der Waals surface area contributed by atoms with Crippen LogP contribution in [0.3, 0.4) is 0 Å². The molecule has 7 heteroatoms. The van der Waals surface area contributed by atoms with Gasteiger partial charge < -0.3 is 14.2 Å². The quantitative estimate of drug-likeness (QED) is 0.486. The fourth-order valence-corrected chi connectivity index (χ4v) is 4.61. The van der Waals surface area contributed by atoms with E-state index < -0.39 is 0 Å². The third-order valence-corrected chi connectivity index (χ3v) is 6.07. The van der Waals surface area contributed by atoms with E-state index in [1.54, 1.807) is 43.4 Å². The maximum absolute atomic E-state index is 13.9. The lowest BCUT2D eigenvalue weighted by molar-refractivity contribution is -0.119. The molecule has 174 valence electrons. The molecule has 3 aromatic rings. The van der Waals surface area contributed by atoms with Crippen LogP contribution in [-0.4, -0.2) is 41.6 Å². The number of halogens is 1. The molecular formula is C26H31FN4O2. The number of carbonyl (C=O) groups is 1. The van der Waals surface area contributed by atoms with Gasteiger partial charge in [0.15, 0.2) is 0 Å². The second-order valence-electron chi connectivity index (χ2n) is 8.65. The lowest BCUT2D eigenvalue weighted by atomic mass is 9.81. The standard InChI is InChI=1S/C24H25FN4O.C2H6O/c25-22-7-2-1-6-21(22)15-28(17-30)13-19-4-3-5-20(10-19)14-29-16-27-23-9-8-18(12-26)11-24(23)29;1-3-2/h1-2,6-9,11,16-17,19-20H,3-5,10,13-15H2;1-2H3. The van der Waals surface area contributed by atoms with Crippen molar-refractivity contribution in [2.24, 2.45) is 11.8 Å². The Morgan fingerprint density at radius 1 is 1.24 bits per heavy atom. The van der Waals surface area contributed by atoms with Crippen molar-refractivity contribution in [2.75, 3.05) is 20.8 Å². The van der Waals surface area contributed by atoms with E-state index in [1.807, 2.05) is 18.5 Å². The van der Waals surface area contributed by atoms with Gasteiger partial charge in [-0.2, -0.15) is 5.26 Å². The molecule has 0 radical (unpaired) electrons. The third kappa shape index (κ3) is 6.62. The first-order valence-corrected chi connectivity index (χ1v) is 11.3. The molecule has 2 aromatic carbocycles. The Morgan fingerprint density at radius 3 is 2.73 bits per heavy atom. The number of rotatable bonds is 7. The zero-order valence-corrected chi connectivity index (χ0v) is 19.3. The molecule has 1 amide bonds. The van der Waals surface area contributed by atoms with Gasteiger partial charge in [0, 0.05) is 39.4 Å². The highest BCUT2D eigenvalue weighted by molar-refractivity contribution is 5.76. The largest absolute Gasteiger partial charge is 0.388 e. The number of aromatic nitrogens is 2. The maximum Gasteiger partial charge on any atom is 0.210 e. The molecule has 1 aromatic heterocycles. The van der Waals surface area contributed by atoms with Gasteiger partial charge in [0.1, 0.15) is 5.82 Å². The minimum atomic E-state index is -0.269. The normalized spacial score (nSPS) is 17.6. The first kappa shape index (κ1) is 24.4. The van der Waals surface area contributed by atoms with Crippen LogP contribution < -0.4 is 0 Å². The van der Waals surface area contributed by atoms with Gasteiger partial charge in [0.05, 0.1) is 29.0 Å². The van der Waals surface area contributed by atoms with Gasteiger partial charge in [-0.15, -0.1) is 0 Å². The number of amides is 1. The van der Waals surface area contributed by atoms with Crippen molar-refractivity contribution in [3.8, 4) is 6.07 Å². The molecule has 0 aliphatic heterocycles. The summed E-state index contributed by atoms with van der Waals surface area (Å²) < 4.78 is 20.3. The predicted octanol–water partition coefficient (Wildman–Crippen LogP) is 4.77. The van der Waals surface area contributed by atoms with Crippen LogP contribution in [0.2, 0.25) is 0 Å². The molecule has 1 aliphatic rings. The monoisotopic (exact) mass is 450 g/mol. The maximum atomic E-state index is 13.9. The summed E-state index contributed by atoms with van der Waals surface area (Å²) in [6.45, 7) is 1.81. The van der Waals surface area contributed by atoms with Gasteiger partial charge in [-0.1, -0.05) is 24.6 Å². The van der Waals surface area contributed by atoms with Gasteiger partial charge in [0.2, 0.25) is 6.41 Å². The van der Waals surface area contributed by atoms with Gasteiger partial charge >= 0.3 is 0 Å². The molecule has 2 unspecified atom stereocenters. The number of hydrogen-bond acceptors (Lipinski definition) is 4. The molecular weight excluding hydrogens is 419 g/mol. The molecule has 33 heavy (non-hydrogen) atoms. The van der Waals surface area contributed by atoms with E-state index in [0.29, 0.717) is 36.1 Å². The highest BCUT2D eigenvalue weighted by atomic mass is 19.1. The lowest BCUT2D eigenvalue weighted by Crippen LogP contribution is -2.32. The fourth-order valence-electron chi connectivity index (χ4n) is 4.61. The Labute approximate surface area is 194 Å². The summed E-state index contributed by atoms with van der Waals surface area (Å²) in [5, 5.41) is 9.18. The van der Waals surface area contributed by atoms with E-state index in [4.69, 9.17) is 0 Å². The number of benzene rings is 2. The number of imidazole rings is 1. The van der Waals surface area contributed by atoms with Crippen LogP contribution in [0.4, 0.5) is 4.39 Å². The molecule has 1 fully saturated rings. The molecule has 0 saturated heterocycles. The topological polar surface area (TPSA) is 71.2 Å². The third-order valence-electron chi connectivity index (χ3n) is 6.07. The van der Waals surface area contributed by atoms with Crippen LogP contribution in [0.15, 0.2) is 48.8 Å². The summed E-state index contributed by atoms with van der Waals surface area (Å²) in [6.07, 6.45) is 7.06. The number of methoxy groups -OCH3 is 1. The van der Waals surface area contributed by atoms with Crippen LogP contribution in [-0.2, 0) is 22.6 Å². The lowest BCUT2D eigenvalue weighted by Gasteiger charge is -2.32. The molecule has 0 bridgehead atoms. The summed E-state index contributed by atoms with van der Waals surface area (Å²) in [7, 11) is 3.25. The Kier molecular flexibility index (Phi) is 8.96. The number of carbonyl (C=O) groups excluding carboxylic acids is 1. The molecule has 2 atom stereocenters. The van der Waals surface area contributed by atoms with Crippen LogP contribution in [0.25, 0.3) is 11.0 Å². The van der Waals surface area contributed by atoms with Crippen molar-refractivity contribution in [3.05, 3.63) is 65.7 Å². The van der Waals surface area contributed by atoms with E-state index in [2.05, 4.69) is 20.4 Å². The Morgan fingerprint density at radius 2 is 2.00 bits per heavy atom. The molecule has 1 aliphatic carbocycles. The Bertz CT molecular complexity index is 1090. The van der Waals surface area contributed by atoms with Crippen molar-refractivity contribution in [2.45, 2.75) is 38.8 Å². The minimum absolute atomic E-state index is 0.269. The van der Waals surface area contributed by atoms with Gasteiger partial charge in [0.25, 0.3) is 0 Å². The first-order valence-electron chi connectivity index (χ1n) is 11.3. The van der Waals surface area contributed by atoms with E-state index in [9.17, 15) is 14.4 Å². The number of nitriles is 1. The van der Waals surface area contributed by atoms with E-state index in [1.165, 1.54) is 6.07 Å². The summed E-state index contributed by atoms with van der Waals surface area (Å²) in [4.78, 5) is 17.8. The van der Waals surface area contributed by atoms with Crippen molar-refractivity contribution in [3.63, 3.8) is 0 Å². The van der Waals surface area contributed by atoms with Crippen LogP contribution in [0.5, 0.6) is 0 Å². The SMILES string of the molecule is COC.N#Cc1ccc2ncn(CC3CCCC(CN(C=O)Cc4ccccc4F)C3)c2c1. The van der Waals surface area contributed by atoms with Crippen molar-refractivity contribution in [1.82, 2.24) is 14.5 Å². The highest BCUT2D eigenvalue weighted by Crippen LogP contribution is 2.32. The highest BCUT2D eigenvalue weighted by Gasteiger charge is 2.24. The average molecular weight is 451 g/mol. The second kappa shape index (κ2) is 12.1. The van der Waals surface area contributed by atoms with Crippen molar-refractivity contribution >= 4 is 17.4 Å². The van der Waals surface area contributed by atoms with Gasteiger partial charge in [-0.05, 0) is 55.4 Å². The molecule has 1 saturated carbocycles. The molecule has 0 spiro atoms. The fraction of sp³-hybridized carbons (Fsp3) is 0.423. The van der Waals surface area contributed by atoms with Crippen LogP contribution >= 0.6 is 0 Å². The molecule has 0 N–H and O–H groups in total. The van der Waals surface area contributed by atoms with Crippen LogP contribution in [0.1, 0.15) is 36.8 Å². The zero-order valence-electron chi connectivity index (χ0n) is 19.3. The number of hydrogen-bond donors (Lipinski definition) is 0. The summed E-state index contributed by atoms with van der Waals surface area (Å²) in [6, 6.07) is 14.4. The minimum Gasteiger partial charge on any atom is -0.388 e. The zero-order chi connectivity index (χ0) is 23.6. The molecule has 6 nitrogen and oxygen atoms in total.